The number of hydrogen-bond donors (Lipinski definition) is 1. The number of rotatable bonds is 9. The zero-order chi connectivity index (χ0) is 10.9. The van der Waals surface area contributed by atoms with Crippen LogP contribution in [0.25, 0.3) is 0 Å². The van der Waals surface area contributed by atoms with Crippen molar-refractivity contribution in [1.29, 1.82) is 0 Å². The summed E-state index contributed by atoms with van der Waals surface area (Å²) >= 11 is 5.65. The third-order valence-corrected chi connectivity index (χ3v) is 4.11. The van der Waals surface area contributed by atoms with Gasteiger partial charge in [-0.25, -0.2) is 0 Å². The Bertz CT molecular complexity index is 113. The Morgan fingerprint density at radius 1 is 0.800 bits per heavy atom. The molecule has 2 heteroatoms. The number of alkyl halides is 1. The lowest BCUT2D eigenvalue weighted by Crippen LogP contribution is -2.17. The zero-order valence-electron chi connectivity index (χ0n) is 10.9. The standard InChI is InChI=1S/C13H27Cl.H3N/c1-4-13(5-2,6-3)11-9-7-8-10-12-14;/h4-12H2,1-3H3;1H3. The van der Waals surface area contributed by atoms with E-state index < -0.39 is 0 Å². The summed E-state index contributed by atoms with van der Waals surface area (Å²) in [5.74, 6) is 0.834. The molecule has 0 saturated heterocycles. The van der Waals surface area contributed by atoms with Gasteiger partial charge in [0.05, 0.1) is 0 Å². The van der Waals surface area contributed by atoms with Crippen LogP contribution in [0.2, 0.25) is 0 Å². The molecule has 0 bridgehead atoms. The summed E-state index contributed by atoms with van der Waals surface area (Å²) in [4.78, 5) is 0. The van der Waals surface area contributed by atoms with Crippen molar-refractivity contribution in [1.82, 2.24) is 6.15 Å². The SMILES string of the molecule is CCC(CC)(CC)CCCCCCCl.N. The molecule has 0 aliphatic carbocycles. The molecule has 0 amide bonds. The normalized spacial score (nSPS) is 11.2. The molecule has 0 spiro atoms. The van der Waals surface area contributed by atoms with Crippen molar-refractivity contribution in [3.05, 3.63) is 0 Å². The lowest BCUT2D eigenvalue weighted by Gasteiger charge is -2.30. The third-order valence-electron chi connectivity index (χ3n) is 3.84. The van der Waals surface area contributed by atoms with E-state index in [4.69, 9.17) is 11.6 Å². The summed E-state index contributed by atoms with van der Waals surface area (Å²) in [5.41, 5.74) is 0.640. The average Bonchev–Trinajstić information content (AvgIpc) is 2.24. The molecule has 1 nitrogen and oxygen atoms in total. The first-order chi connectivity index (χ1) is 6.74. The fourth-order valence-electron chi connectivity index (χ4n) is 2.23. The van der Waals surface area contributed by atoms with Crippen molar-refractivity contribution in [2.75, 3.05) is 5.88 Å². The molecule has 94 valence electrons. The lowest BCUT2D eigenvalue weighted by molar-refractivity contribution is 0.220. The van der Waals surface area contributed by atoms with Crippen LogP contribution in [0, 0.1) is 5.41 Å². The minimum atomic E-state index is 0. The second kappa shape index (κ2) is 10.8. The highest BCUT2D eigenvalue weighted by atomic mass is 35.5. The van der Waals surface area contributed by atoms with E-state index in [2.05, 4.69) is 20.8 Å². The van der Waals surface area contributed by atoms with Gasteiger partial charge in [-0.1, -0.05) is 59.3 Å². The van der Waals surface area contributed by atoms with Gasteiger partial charge in [0.2, 0.25) is 0 Å². The van der Waals surface area contributed by atoms with Gasteiger partial charge in [-0.05, 0) is 18.3 Å². The molecular weight excluding hydrogens is 206 g/mol. The summed E-state index contributed by atoms with van der Waals surface area (Å²) < 4.78 is 0. The molecule has 0 rings (SSSR count). The quantitative estimate of drug-likeness (QED) is 0.413. The van der Waals surface area contributed by atoms with E-state index in [0.717, 1.165) is 5.88 Å². The Balaban J connectivity index is 0. The van der Waals surface area contributed by atoms with Gasteiger partial charge in [0, 0.05) is 5.88 Å². The summed E-state index contributed by atoms with van der Waals surface area (Å²) in [7, 11) is 0. The first-order valence-electron chi connectivity index (χ1n) is 6.30. The van der Waals surface area contributed by atoms with Crippen molar-refractivity contribution >= 4 is 11.6 Å². The van der Waals surface area contributed by atoms with Gasteiger partial charge in [0.25, 0.3) is 0 Å². The Morgan fingerprint density at radius 3 is 1.67 bits per heavy atom. The van der Waals surface area contributed by atoms with Crippen LogP contribution in [0.15, 0.2) is 0 Å². The summed E-state index contributed by atoms with van der Waals surface area (Å²) in [6.07, 6.45) is 10.7. The molecule has 0 aromatic carbocycles. The van der Waals surface area contributed by atoms with Gasteiger partial charge in [-0.3, -0.25) is 0 Å². The molecule has 0 saturated carbocycles. The summed E-state index contributed by atoms with van der Waals surface area (Å²) in [5, 5.41) is 0. The van der Waals surface area contributed by atoms with E-state index in [0.29, 0.717) is 5.41 Å². The van der Waals surface area contributed by atoms with Crippen LogP contribution in [0.5, 0.6) is 0 Å². The zero-order valence-corrected chi connectivity index (χ0v) is 11.7. The Morgan fingerprint density at radius 2 is 1.27 bits per heavy atom. The Labute approximate surface area is 102 Å². The molecule has 15 heavy (non-hydrogen) atoms. The van der Waals surface area contributed by atoms with E-state index in [-0.39, 0.29) is 6.15 Å². The van der Waals surface area contributed by atoms with Gasteiger partial charge in [-0.2, -0.15) is 0 Å². The van der Waals surface area contributed by atoms with Gasteiger partial charge >= 0.3 is 0 Å². The van der Waals surface area contributed by atoms with Crippen molar-refractivity contribution < 1.29 is 0 Å². The molecule has 0 unspecified atom stereocenters. The third kappa shape index (κ3) is 7.19. The second-order valence-corrected chi connectivity index (χ2v) is 4.79. The van der Waals surface area contributed by atoms with E-state index in [1.165, 1.54) is 51.4 Å². The fraction of sp³-hybridized carbons (Fsp3) is 1.00. The van der Waals surface area contributed by atoms with Crippen LogP contribution in [-0.4, -0.2) is 5.88 Å². The minimum absolute atomic E-state index is 0. The molecule has 0 fully saturated rings. The first kappa shape index (κ1) is 17.6. The number of unbranched alkanes of at least 4 members (excludes halogenated alkanes) is 3. The van der Waals surface area contributed by atoms with Crippen LogP contribution in [0.3, 0.4) is 0 Å². The van der Waals surface area contributed by atoms with E-state index >= 15 is 0 Å². The molecule has 0 aliphatic rings. The lowest BCUT2D eigenvalue weighted by atomic mass is 9.75. The average molecular weight is 236 g/mol. The van der Waals surface area contributed by atoms with E-state index in [1.807, 2.05) is 0 Å². The summed E-state index contributed by atoms with van der Waals surface area (Å²) in [6, 6.07) is 0. The van der Waals surface area contributed by atoms with Gasteiger partial charge in [-0.15, -0.1) is 11.6 Å². The Hall–Kier alpha value is 0.250. The number of hydrogen-bond acceptors (Lipinski definition) is 1. The fourth-order valence-corrected chi connectivity index (χ4v) is 2.42. The second-order valence-electron chi connectivity index (χ2n) is 4.41. The van der Waals surface area contributed by atoms with Crippen LogP contribution >= 0.6 is 11.6 Å². The predicted octanol–water partition coefficient (Wildman–Crippen LogP) is 5.55. The number of halogens is 1. The highest BCUT2D eigenvalue weighted by Gasteiger charge is 2.22. The summed E-state index contributed by atoms with van der Waals surface area (Å²) in [6.45, 7) is 7.02. The minimum Gasteiger partial charge on any atom is -0.344 e. The van der Waals surface area contributed by atoms with Crippen LogP contribution < -0.4 is 6.15 Å². The van der Waals surface area contributed by atoms with Gasteiger partial charge in [0.15, 0.2) is 0 Å². The van der Waals surface area contributed by atoms with E-state index in [9.17, 15) is 0 Å². The van der Waals surface area contributed by atoms with Crippen molar-refractivity contribution in [3.63, 3.8) is 0 Å². The van der Waals surface area contributed by atoms with Crippen LogP contribution in [0.1, 0.15) is 72.1 Å². The molecule has 0 aromatic rings. The van der Waals surface area contributed by atoms with Crippen molar-refractivity contribution in [2.45, 2.75) is 72.1 Å². The van der Waals surface area contributed by atoms with Crippen LogP contribution in [0.4, 0.5) is 0 Å². The first-order valence-corrected chi connectivity index (χ1v) is 6.84. The predicted molar refractivity (Wildman–Crippen MR) is 72.1 cm³/mol. The molecule has 3 N–H and O–H groups in total. The molecule has 0 radical (unpaired) electrons. The maximum atomic E-state index is 5.65. The molecule has 0 aliphatic heterocycles. The maximum Gasteiger partial charge on any atom is 0.0223 e. The van der Waals surface area contributed by atoms with Crippen LogP contribution in [-0.2, 0) is 0 Å². The smallest absolute Gasteiger partial charge is 0.0223 e. The molecule has 0 aromatic heterocycles. The monoisotopic (exact) mass is 235 g/mol. The van der Waals surface area contributed by atoms with Crippen molar-refractivity contribution in [2.24, 2.45) is 5.41 Å². The van der Waals surface area contributed by atoms with Gasteiger partial charge in [0.1, 0.15) is 0 Å². The highest BCUT2D eigenvalue weighted by molar-refractivity contribution is 6.17. The van der Waals surface area contributed by atoms with Gasteiger partial charge < -0.3 is 6.15 Å². The molecule has 0 atom stereocenters. The van der Waals surface area contributed by atoms with E-state index in [1.54, 1.807) is 0 Å². The molecule has 0 heterocycles. The largest absolute Gasteiger partial charge is 0.344 e. The van der Waals surface area contributed by atoms with Crippen molar-refractivity contribution in [3.8, 4) is 0 Å². The Kier molecular flexibility index (Phi) is 12.6. The maximum absolute atomic E-state index is 5.65. The molecular formula is C13H30ClN. The topological polar surface area (TPSA) is 35.0 Å². The highest BCUT2D eigenvalue weighted by Crippen LogP contribution is 2.36.